The van der Waals surface area contributed by atoms with Crippen LogP contribution in [0.1, 0.15) is 76.9 Å². The summed E-state index contributed by atoms with van der Waals surface area (Å²) in [7, 11) is 0. The second-order valence-corrected chi connectivity index (χ2v) is 15.0. The van der Waals surface area contributed by atoms with Crippen LogP contribution in [0.4, 0.5) is 13.2 Å². The maximum atomic E-state index is 14.9. The van der Waals surface area contributed by atoms with Crippen LogP contribution < -0.4 is 4.74 Å². The molecular weight excluding hydrogens is 722 g/mol. The topological polar surface area (TPSA) is 51.6 Å². The number of aliphatic imine (C=N–C) groups is 1. The van der Waals surface area contributed by atoms with Gasteiger partial charge in [-0.2, -0.15) is 13.2 Å². The first-order valence-corrected chi connectivity index (χ1v) is 18.8. The Labute approximate surface area is 318 Å². The zero-order chi connectivity index (χ0) is 37.3. The monoisotopic (exact) mass is 763 g/mol. The number of carbonyl (C=O) groups excluding carboxylic acids is 1. The molecule has 0 radical (unpaired) electrons. The summed E-state index contributed by atoms with van der Waals surface area (Å²) in [6.07, 6.45) is -2.52. The molecule has 4 aromatic carbocycles. The first-order valence-electron chi connectivity index (χ1n) is 18.1. The molecule has 0 aromatic heterocycles. The highest BCUT2D eigenvalue weighted by atomic mass is 35.5. The van der Waals surface area contributed by atoms with Crippen LogP contribution >= 0.6 is 23.2 Å². The normalized spacial score (nSPS) is 20.3. The molecule has 3 heterocycles. The first kappa shape index (κ1) is 37.4. The third-order valence-electron chi connectivity index (χ3n) is 10.1. The molecule has 7 nitrogen and oxygen atoms in total. The highest BCUT2D eigenvalue weighted by Gasteiger charge is 2.44. The molecule has 12 heteroatoms. The lowest BCUT2D eigenvalue weighted by Gasteiger charge is -2.39. The number of alkyl halides is 3. The zero-order valence-corrected chi connectivity index (χ0v) is 31.2. The van der Waals surface area contributed by atoms with E-state index in [0.29, 0.717) is 15.6 Å². The predicted molar refractivity (Wildman–Crippen MR) is 202 cm³/mol. The third kappa shape index (κ3) is 8.42. The molecule has 0 saturated carbocycles. The zero-order valence-electron chi connectivity index (χ0n) is 29.7. The quantitative estimate of drug-likeness (QED) is 0.170. The molecule has 2 atom stereocenters. The van der Waals surface area contributed by atoms with Crippen molar-refractivity contribution in [1.82, 2.24) is 19.8 Å². The molecule has 4 aromatic rings. The van der Waals surface area contributed by atoms with Crippen LogP contribution in [-0.4, -0.2) is 76.9 Å². The first-order chi connectivity index (χ1) is 25.4. The van der Waals surface area contributed by atoms with Crippen LogP contribution in [0.2, 0.25) is 10.0 Å². The van der Waals surface area contributed by atoms with Crippen molar-refractivity contribution < 1.29 is 22.7 Å². The van der Waals surface area contributed by atoms with Crippen molar-refractivity contribution in [3.63, 3.8) is 0 Å². The van der Waals surface area contributed by atoms with Crippen molar-refractivity contribution >= 4 is 34.9 Å². The Morgan fingerprint density at radius 3 is 1.96 bits per heavy atom. The van der Waals surface area contributed by atoms with E-state index >= 15 is 0 Å². The Morgan fingerprint density at radius 1 is 0.792 bits per heavy atom. The molecule has 278 valence electrons. The van der Waals surface area contributed by atoms with E-state index < -0.39 is 29.9 Å². The van der Waals surface area contributed by atoms with E-state index in [9.17, 15) is 18.0 Å². The van der Waals surface area contributed by atoms with Crippen molar-refractivity contribution in [2.45, 2.75) is 57.6 Å². The van der Waals surface area contributed by atoms with Crippen LogP contribution in [-0.2, 0) is 12.7 Å². The summed E-state index contributed by atoms with van der Waals surface area (Å²) in [5, 5.41) is 6.02. The van der Waals surface area contributed by atoms with Crippen molar-refractivity contribution in [1.29, 1.82) is 0 Å². The Balaban J connectivity index is 1.25. The summed E-state index contributed by atoms with van der Waals surface area (Å²) < 4.78 is 47.9. The fourth-order valence-electron chi connectivity index (χ4n) is 7.41. The van der Waals surface area contributed by atoms with Crippen LogP contribution in [0.15, 0.2) is 96.0 Å². The molecule has 0 spiro atoms. The lowest BCUT2D eigenvalue weighted by Crippen LogP contribution is -2.52. The van der Waals surface area contributed by atoms with E-state index in [1.54, 1.807) is 43.0 Å². The number of piperazine rings is 1. The Kier molecular flexibility index (Phi) is 11.2. The number of benzene rings is 4. The summed E-state index contributed by atoms with van der Waals surface area (Å²) in [4.78, 5) is 24.0. The van der Waals surface area contributed by atoms with Gasteiger partial charge >= 0.3 is 6.18 Å². The fraction of sp³-hybridized carbons (Fsp3) is 0.366. The van der Waals surface area contributed by atoms with E-state index in [4.69, 9.17) is 32.9 Å². The number of amidine groups is 1. The summed E-state index contributed by atoms with van der Waals surface area (Å²) in [5.74, 6) is -0.154. The summed E-state index contributed by atoms with van der Waals surface area (Å²) in [5.41, 5.74) is 2.47. The fourth-order valence-corrected chi connectivity index (χ4v) is 7.67. The molecule has 53 heavy (non-hydrogen) atoms. The van der Waals surface area contributed by atoms with Gasteiger partial charge in [0, 0.05) is 61.4 Å². The number of carbonyl (C=O) groups is 1. The second-order valence-electron chi connectivity index (χ2n) is 14.1. The lowest BCUT2D eigenvalue weighted by atomic mass is 9.93. The minimum absolute atomic E-state index is 0.0156. The van der Waals surface area contributed by atoms with Gasteiger partial charge in [-0.1, -0.05) is 59.6 Å². The van der Waals surface area contributed by atoms with Crippen LogP contribution in [0.5, 0.6) is 5.75 Å². The van der Waals surface area contributed by atoms with Crippen LogP contribution in [0, 0.1) is 0 Å². The smallest absolute Gasteiger partial charge is 0.416 e. The number of hydrogen-bond donors (Lipinski definition) is 0. The Hall–Kier alpha value is -3.93. The molecule has 3 aliphatic rings. The van der Waals surface area contributed by atoms with Crippen LogP contribution in [0.25, 0.3) is 0 Å². The molecule has 0 aliphatic carbocycles. The van der Waals surface area contributed by atoms with Gasteiger partial charge < -0.3 is 4.74 Å². The van der Waals surface area contributed by atoms with Crippen molar-refractivity contribution in [2.75, 3.05) is 39.3 Å². The van der Waals surface area contributed by atoms with Crippen LogP contribution in [0.3, 0.4) is 0 Å². The number of amides is 1. The summed E-state index contributed by atoms with van der Waals surface area (Å²) >= 11 is 12.6. The number of halogens is 5. The van der Waals surface area contributed by atoms with E-state index in [0.717, 1.165) is 74.6 Å². The van der Waals surface area contributed by atoms with E-state index in [-0.39, 0.29) is 23.1 Å². The van der Waals surface area contributed by atoms with Crippen molar-refractivity contribution in [3.05, 3.63) is 134 Å². The van der Waals surface area contributed by atoms with E-state index in [1.807, 2.05) is 48.5 Å². The van der Waals surface area contributed by atoms with Gasteiger partial charge in [0.05, 0.1) is 23.3 Å². The van der Waals surface area contributed by atoms with Gasteiger partial charge in [0.1, 0.15) is 17.6 Å². The van der Waals surface area contributed by atoms with Gasteiger partial charge in [-0.15, -0.1) is 0 Å². The molecule has 2 fully saturated rings. The third-order valence-corrected chi connectivity index (χ3v) is 10.6. The lowest BCUT2D eigenvalue weighted by molar-refractivity contribution is -0.137. The minimum atomic E-state index is -4.60. The molecule has 2 unspecified atom stereocenters. The molecule has 0 bridgehead atoms. The van der Waals surface area contributed by atoms with Gasteiger partial charge in [0.25, 0.3) is 5.91 Å². The molecule has 7 rings (SSSR count). The average molecular weight is 765 g/mol. The SMILES string of the molecule is CC(C)Oc1cc(C(F)(F)F)ccc1C1=NC(c2ccc(Cl)cc2)C(c2ccc(Cl)cc2)N1C(=O)c1ccc(CN2CCN(N3CCCC3)CC2)cc1. The molecule has 1 amide bonds. The maximum Gasteiger partial charge on any atom is 0.416 e. The highest BCUT2D eigenvalue weighted by Crippen LogP contribution is 2.46. The van der Waals surface area contributed by atoms with Crippen molar-refractivity contribution in [3.8, 4) is 5.75 Å². The van der Waals surface area contributed by atoms with Gasteiger partial charge in [-0.25, -0.2) is 10.0 Å². The number of hydrogen-bond acceptors (Lipinski definition) is 6. The predicted octanol–water partition coefficient (Wildman–Crippen LogP) is 9.31. The van der Waals surface area contributed by atoms with Crippen molar-refractivity contribution in [2.24, 2.45) is 4.99 Å². The summed E-state index contributed by atoms with van der Waals surface area (Å²) in [6.45, 7) is 10.5. The average Bonchev–Trinajstić information content (AvgIpc) is 3.82. The second kappa shape index (κ2) is 15.8. The molecule has 0 N–H and O–H groups in total. The number of nitrogens with zero attached hydrogens (tertiary/aromatic N) is 5. The molecule has 2 saturated heterocycles. The number of rotatable bonds is 9. The number of hydrazine groups is 1. The standard InChI is InChI=1S/C41H42Cl2F3N5O2/c1-27(2)53-36-25-32(41(44,45)46)13-18-35(36)39-47-37(29-9-14-33(42)15-10-29)38(30-11-16-34(43)17-12-30)51(39)40(52)31-7-5-28(6-8-31)26-48-21-23-50(24-22-48)49-19-3-4-20-49/h5-18,25,27,37-38H,3-4,19-24,26H2,1-2H3. The summed E-state index contributed by atoms with van der Waals surface area (Å²) in [6, 6.07) is 24.0. The minimum Gasteiger partial charge on any atom is -0.490 e. The molecule has 3 aliphatic heterocycles. The molecular formula is C41H42Cl2F3N5O2. The van der Waals surface area contributed by atoms with Gasteiger partial charge in [0.2, 0.25) is 0 Å². The van der Waals surface area contributed by atoms with Gasteiger partial charge in [-0.05, 0) is 98.0 Å². The van der Waals surface area contributed by atoms with E-state index in [1.165, 1.54) is 18.9 Å². The highest BCUT2D eigenvalue weighted by molar-refractivity contribution is 6.30. The Morgan fingerprint density at radius 2 is 1.38 bits per heavy atom. The Bertz CT molecular complexity index is 1920. The van der Waals surface area contributed by atoms with Gasteiger partial charge in [-0.3, -0.25) is 19.6 Å². The maximum absolute atomic E-state index is 14.9. The van der Waals surface area contributed by atoms with Gasteiger partial charge in [0.15, 0.2) is 0 Å². The van der Waals surface area contributed by atoms with E-state index in [2.05, 4.69) is 14.9 Å². The largest absolute Gasteiger partial charge is 0.490 e. The number of ether oxygens (including phenoxy) is 1.